The lowest BCUT2D eigenvalue weighted by atomic mass is 10.1. The molecule has 0 unspecified atom stereocenters. The fourth-order valence-corrected chi connectivity index (χ4v) is 3.11. The Balaban J connectivity index is 1.85. The highest BCUT2D eigenvalue weighted by Crippen LogP contribution is 2.37. The van der Waals surface area contributed by atoms with E-state index < -0.39 is 0 Å². The van der Waals surface area contributed by atoms with Crippen molar-refractivity contribution in [1.82, 2.24) is 4.98 Å². The van der Waals surface area contributed by atoms with Crippen molar-refractivity contribution in [3.05, 3.63) is 88.4 Å². The maximum atomic E-state index is 6.10. The number of H-pyrrole nitrogens is 1. The van der Waals surface area contributed by atoms with Crippen LogP contribution in [0.25, 0.3) is 22.2 Å². The lowest BCUT2D eigenvalue weighted by Gasteiger charge is -2.01. The number of aromatic amines is 1. The van der Waals surface area contributed by atoms with E-state index in [1.165, 1.54) is 0 Å². The van der Waals surface area contributed by atoms with Gasteiger partial charge in [-0.1, -0.05) is 77.8 Å². The first-order chi connectivity index (χ1) is 12.2. The number of nitrogens with one attached hydrogen (secondary N) is 1. The van der Waals surface area contributed by atoms with Gasteiger partial charge in [0.25, 0.3) is 0 Å². The number of aromatic nitrogens is 1. The summed E-state index contributed by atoms with van der Waals surface area (Å²) in [6.07, 6.45) is 1.81. The third-order valence-corrected chi connectivity index (χ3v) is 4.77. The predicted molar refractivity (Wildman–Crippen MR) is 107 cm³/mol. The summed E-state index contributed by atoms with van der Waals surface area (Å²) in [6.45, 7) is 0. The average Bonchev–Trinajstić information content (AvgIpc) is 3.02. The Hall–Kier alpha value is -2.55. The molecule has 0 amide bonds. The Morgan fingerprint density at radius 2 is 1.56 bits per heavy atom. The fraction of sp³-hybridized carbons (Fsp3) is 0. The normalized spacial score (nSPS) is 11.4. The Kier molecular flexibility index (Phi) is 4.31. The smallest absolute Gasteiger partial charge is 0.0963 e. The molecule has 0 atom stereocenters. The van der Waals surface area contributed by atoms with Crippen LogP contribution in [-0.2, 0) is 0 Å². The average molecular weight is 365 g/mol. The quantitative estimate of drug-likeness (QED) is 0.383. The van der Waals surface area contributed by atoms with Gasteiger partial charge >= 0.3 is 0 Å². The molecule has 0 saturated heterocycles. The van der Waals surface area contributed by atoms with Crippen molar-refractivity contribution in [2.45, 2.75) is 0 Å². The summed E-state index contributed by atoms with van der Waals surface area (Å²) in [4.78, 5) is 8.23. The van der Waals surface area contributed by atoms with Gasteiger partial charge in [0.05, 0.1) is 21.4 Å². The molecule has 1 heterocycles. The summed E-state index contributed by atoms with van der Waals surface area (Å²) in [5.74, 6) is 0. The topological polar surface area (TPSA) is 28.1 Å². The number of fused-ring (bicyclic) bond motifs is 1. The third-order valence-electron chi connectivity index (χ3n) is 4.03. The van der Waals surface area contributed by atoms with Crippen LogP contribution in [0.4, 0.5) is 5.69 Å². The van der Waals surface area contributed by atoms with Crippen LogP contribution >= 0.6 is 23.2 Å². The molecular formula is C21H14Cl2N2. The zero-order valence-electron chi connectivity index (χ0n) is 13.2. The van der Waals surface area contributed by atoms with Crippen molar-refractivity contribution < 1.29 is 0 Å². The third kappa shape index (κ3) is 3.19. The largest absolute Gasteiger partial charge is 0.353 e. The number of aliphatic imine (C=N–C) groups is 1. The van der Waals surface area contributed by atoms with Crippen molar-refractivity contribution in [3.63, 3.8) is 0 Å². The summed E-state index contributed by atoms with van der Waals surface area (Å²) >= 11 is 12.1. The number of hydrogen-bond acceptors (Lipinski definition) is 1. The number of para-hydroxylation sites is 1. The van der Waals surface area contributed by atoms with Gasteiger partial charge in [-0.15, -0.1) is 0 Å². The number of halogens is 2. The summed E-state index contributed by atoms with van der Waals surface area (Å²) in [7, 11) is 0. The van der Waals surface area contributed by atoms with Crippen molar-refractivity contribution in [2.24, 2.45) is 4.99 Å². The molecule has 4 aromatic rings. The molecule has 3 aromatic carbocycles. The summed E-state index contributed by atoms with van der Waals surface area (Å²) < 4.78 is 0. The maximum absolute atomic E-state index is 6.10. The highest BCUT2D eigenvalue weighted by Gasteiger charge is 2.11. The Morgan fingerprint density at radius 1 is 0.800 bits per heavy atom. The Morgan fingerprint density at radius 3 is 2.36 bits per heavy atom. The van der Waals surface area contributed by atoms with Crippen molar-refractivity contribution >= 4 is 46.0 Å². The Bertz CT molecular complexity index is 1070. The minimum Gasteiger partial charge on any atom is -0.353 e. The molecule has 0 aliphatic rings. The monoisotopic (exact) mass is 364 g/mol. The van der Waals surface area contributed by atoms with Gasteiger partial charge in [0.15, 0.2) is 0 Å². The summed E-state index contributed by atoms with van der Waals surface area (Å²) in [5, 5.41) is 2.14. The molecule has 0 fully saturated rings. The van der Waals surface area contributed by atoms with Gasteiger partial charge in [-0.2, -0.15) is 0 Å². The van der Waals surface area contributed by atoms with Crippen molar-refractivity contribution in [1.29, 1.82) is 0 Å². The SMILES string of the molecule is Clc1ccc(C=Nc2c(-c3ccccc3)[nH]c3ccccc23)cc1Cl. The molecule has 0 saturated carbocycles. The van der Waals surface area contributed by atoms with Gasteiger partial charge in [0.2, 0.25) is 0 Å². The van der Waals surface area contributed by atoms with E-state index in [-0.39, 0.29) is 0 Å². The lowest BCUT2D eigenvalue weighted by Crippen LogP contribution is -1.82. The fourth-order valence-electron chi connectivity index (χ4n) is 2.81. The molecule has 2 nitrogen and oxygen atoms in total. The number of benzene rings is 3. The molecule has 1 aromatic heterocycles. The van der Waals surface area contributed by atoms with Crippen LogP contribution in [-0.4, -0.2) is 11.2 Å². The van der Waals surface area contributed by atoms with Crippen LogP contribution in [0, 0.1) is 0 Å². The molecule has 0 aliphatic heterocycles. The predicted octanol–water partition coefficient (Wildman–Crippen LogP) is 6.89. The first-order valence-corrected chi connectivity index (χ1v) is 8.63. The Labute approximate surface area is 155 Å². The van der Waals surface area contributed by atoms with Crippen LogP contribution in [0.2, 0.25) is 10.0 Å². The summed E-state index contributed by atoms with van der Waals surface area (Å²) in [5.41, 5.74) is 4.97. The molecule has 0 radical (unpaired) electrons. The minimum atomic E-state index is 0.521. The molecule has 0 bridgehead atoms. The minimum absolute atomic E-state index is 0.521. The van der Waals surface area contributed by atoms with Crippen LogP contribution in [0.3, 0.4) is 0 Å². The zero-order valence-corrected chi connectivity index (χ0v) is 14.7. The number of nitrogens with zero attached hydrogens (tertiary/aromatic N) is 1. The molecule has 0 aliphatic carbocycles. The van der Waals surface area contributed by atoms with Gasteiger partial charge in [0, 0.05) is 22.7 Å². The van der Waals surface area contributed by atoms with E-state index in [2.05, 4.69) is 29.2 Å². The molecule has 4 heteroatoms. The molecular weight excluding hydrogens is 351 g/mol. The number of rotatable bonds is 3. The van der Waals surface area contributed by atoms with Crippen molar-refractivity contribution in [3.8, 4) is 11.3 Å². The van der Waals surface area contributed by atoms with E-state index in [1.807, 2.05) is 48.7 Å². The zero-order chi connectivity index (χ0) is 17.2. The van der Waals surface area contributed by atoms with Crippen LogP contribution in [0.5, 0.6) is 0 Å². The van der Waals surface area contributed by atoms with E-state index in [9.17, 15) is 0 Å². The standard InChI is InChI=1S/C21H14Cl2N2/c22-17-11-10-14(12-18(17)23)13-24-21-16-8-4-5-9-19(16)25-20(21)15-6-2-1-3-7-15/h1-13,25H. The molecule has 4 rings (SSSR count). The second-order valence-corrected chi connectivity index (χ2v) is 6.51. The second kappa shape index (κ2) is 6.75. The molecule has 0 spiro atoms. The van der Waals surface area contributed by atoms with Gasteiger partial charge in [-0.3, -0.25) is 4.99 Å². The molecule has 122 valence electrons. The van der Waals surface area contributed by atoms with Gasteiger partial charge < -0.3 is 4.98 Å². The van der Waals surface area contributed by atoms with E-state index in [4.69, 9.17) is 28.2 Å². The van der Waals surface area contributed by atoms with E-state index in [0.29, 0.717) is 10.0 Å². The van der Waals surface area contributed by atoms with E-state index >= 15 is 0 Å². The van der Waals surface area contributed by atoms with Crippen LogP contribution in [0.1, 0.15) is 5.56 Å². The van der Waals surface area contributed by atoms with Gasteiger partial charge in [0.1, 0.15) is 0 Å². The van der Waals surface area contributed by atoms with Gasteiger partial charge in [-0.05, 0) is 23.8 Å². The molecule has 1 N–H and O–H groups in total. The highest BCUT2D eigenvalue weighted by atomic mass is 35.5. The first-order valence-electron chi connectivity index (χ1n) is 7.87. The lowest BCUT2D eigenvalue weighted by molar-refractivity contribution is 1.43. The van der Waals surface area contributed by atoms with Crippen LogP contribution < -0.4 is 0 Å². The summed E-state index contributed by atoms with van der Waals surface area (Å²) in [6, 6.07) is 23.8. The maximum Gasteiger partial charge on any atom is 0.0963 e. The van der Waals surface area contributed by atoms with Crippen LogP contribution in [0.15, 0.2) is 77.8 Å². The van der Waals surface area contributed by atoms with Crippen molar-refractivity contribution in [2.75, 3.05) is 0 Å². The second-order valence-electron chi connectivity index (χ2n) is 5.69. The van der Waals surface area contributed by atoms with E-state index in [1.54, 1.807) is 6.07 Å². The molecule has 25 heavy (non-hydrogen) atoms. The van der Waals surface area contributed by atoms with Gasteiger partial charge in [-0.25, -0.2) is 0 Å². The van der Waals surface area contributed by atoms with E-state index in [0.717, 1.165) is 33.4 Å². The first kappa shape index (κ1) is 15.9. The highest BCUT2D eigenvalue weighted by molar-refractivity contribution is 6.42. The number of hydrogen-bond donors (Lipinski definition) is 1.